The Hall–Kier alpha value is -1.14. The predicted octanol–water partition coefficient (Wildman–Crippen LogP) is 0.955. The van der Waals surface area contributed by atoms with Gasteiger partial charge >= 0.3 is 0 Å². The van der Waals surface area contributed by atoms with Crippen LogP contribution in [0.2, 0.25) is 5.02 Å². The van der Waals surface area contributed by atoms with E-state index in [1.807, 2.05) is 24.3 Å². The Balaban J connectivity index is 1.69. The van der Waals surface area contributed by atoms with Crippen LogP contribution in [-0.4, -0.2) is 66.2 Å². The molecule has 1 aliphatic heterocycles. The second-order valence-electron chi connectivity index (χ2n) is 5.79. The Labute approximate surface area is 136 Å². The zero-order valence-electron chi connectivity index (χ0n) is 13.0. The number of hydrogen-bond donors (Lipinski definition) is 2. The van der Waals surface area contributed by atoms with Gasteiger partial charge in [0.25, 0.3) is 0 Å². The molecule has 1 heterocycles. The van der Waals surface area contributed by atoms with Crippen molar-refractivity contribution in [1.82, 2.24) is 15.1 Å². The zero-order valence-corrected chi connectivity index (χ0v) is 13.7. The number of carbonyl (C=O) groups excluding carboxylic acids is 1. The lowest BCUT2D eigenvalue weighted by atomic mass is 10.2. The highest BCUT2D eigenvalue weighted by molar-refractivity contribution is 6.31. The summed E-state index contributed by atoms with van der Waals surface area (Å²) in [6.07, 6.45) is -0.300. The van der Waals surface area contributed by atoms with Gasteiger partial charge in [-0.25, -0.2) is 0 Å². The lowest BCUT2D eigenvalue weighted by molar-refractivity contribution is -0.122. The molecule has 0 bridgehead atoms. The number of carbonyl (C=O) groups is 1. The predicted molar refractivity (Wildman–Crippen MR) is 87.9 cm³/mol. The van der Waals surface area contributed by atoms with E-state index in [9.17, 15) is 9.90 Å². The molecule has 0 aliphatic carbocycles. The third kappa shape index (κ3) is 5.57. The van der Waals surface area contributed by atoms with E-state index in [0.29, 0.717) is 24.7 Å². The number of halogens is 1. The molecule has 2 N–H and O–H groups in total. The molecule has 1 unspecified atom stereocenters. The molecule has 0 aromatic heterocycles. The highest BCUT2D eigenvalue weighted by Gasteiger charge is 2.19. The van der Waals surface area contributed by atoms with Crippen molar-refractivity contribution in [3.05, 3.63) is 34.9 Å². The van der Waals surface area contributed by atoms with E-state index in [1.54, 1.807) is 6.92 Å². The fourth-order valence-corrected chi connectivity index (χ4v) is 2.80. The molecule has 6 heteroatoms. The fraction of sp³-hybridized carbons (Fsp3) is 0.562. The Bertz CT molecular complexity index is 488. The van der Waals surface area contributed by atoms with E-state index in [-0.39, 0.29) is 12.0 Å². The minimum absolute atomic E-state index is 0.0175. The van der Waals surface area contributed by atoms with Crippen LogP contribution in [-0.2, 0) is 11.3 Å². The first-order valence-corrected chi connectivity index (χ1v) is 8.05. The Morgan fingerprint density at radius 1 is 1.27 bits per heavy atom. The van der Waals surface area contributed by atoms with Gasteiger partial charge in [-0.05, 0) is 18.6 Å². The number of piperazine rings is 1. The molecule has 0 saturated carbocycles. The van der Waals surface area contributed by atoms with Gasteiger partial charge in [-0.3, -0.25) is 14.6 Å². The first-order chi connectivity index (χ1) is 10.5. The highest BCUT2D eigenvalue weighted by atomic mass is 35.5. The van der Waals surface area contributed by atoms with Crippen LogP contribution in [0.5, 0.6) is 0 Å². The average Bonchev–Trinajstić information content (AvgIpc) is 2.48. The first kappa shape index (κ1) is 17.2. The average molecular weight is 326 g/mol. The summed E-state index contributed by atoms with van der Waals surface area (Å²) in [4.78, 5) is 16.4. The summed E-state index contributed by atoms with van der Waals surface area (Å²) in [6.45, 7) is 6.86. The fourth-order valence-electron chi connectivity index (χ4n) is 2.60. The topological polar surface area (TPSA) is 55.8 Å². The molecule has 22 heavy (non-hydrogen) atoms. The maximum atomic E-state index is 12.0. The second-order valence-corrected chi connectivity index (χ2v) is 6.20. The van der Waals surface area contributed by atoms with Crippen molar-refractivity contribution in [2.45, 2.75) is 19.6 Å². The summed E-state index contributed by atoms with van der Waals surface area (Å²) in [6, 6.07) is 7.52. The third-order valence-electron chi connectivity index (χ3n) is 3.79. The monoisotopic (exact) mass is 325 g/mol. The Kier molecular flexibility index (Phi) is 6.64. The number of benzene rings is 1. The smallest absolute Gasteiger partial charge is 0.234 e. The summed E-state index contributed by atoms with van der Waals surface area (Å²) in [5.41, 5.74) is 0.930. The summed E-state index contributed by atoms with van der Waals surface area (Å²) in [5.74, 6) is 0.0175. The minimum Gasteiger partial charge on any atom is -0.392 e. The van der Waals surface area contributed by atoms with Gasteiger partial charge in [-0.15, -0.1) is 0 Å². The molecule has 1 aliphatic rings. The number of rotatable bonds is 6. The second kappa shape index (κ2) is 8.48. The molecule has 1 amide bonds. The van der Waals surface area contributed by atoms with Crippen molar-refractivity contribution >= 4 is 17.5 Å². The van der Waals surface area contributed by atoms with Gasteiger partial charge in [0, 0.05) is 44.3 Å². The minimum atomic E-state index is -0.300. The molecule has 5 nitrogen and oxygen atoms in total. The van der Waals surface area contributed by atoms with E-state index in [2.05, 4.69) is 15.1 Å². The molecule has 122 valence electrons. The SMILES string of the molecule is CC(O)CN1CCN(CC(=O)NCc2ccccc2Cl)CC1. The number of hydrogen-bond acceptors (Lipinski definition) is 4. The molecule has 0 radical (unpaired) electrons. The van der Waals surface area contributed by atoms with Gasteiger partial charge in [0.1, 0.15) is 0 Å². The van der Waals surface area contributed by atoms with Crippen LogP contribution in [0, 0.1) is 0 Å². The number of nitrogens with zero attached hydrogens (tertiary/aromatic N) is 2. The lowest BCUT2D eigenvalue weighted by Crippen LogP contribution is -2.50. The molecule has 1 aromatic carbocycles. The van der Waals surface area contributed by atoms with E-state index >= 15 is 0 Å². The van der Waals surface area contributed by atoms with Gasteiger partial charge in [0.2, 0.25) is 5.91 Å². The van der Waals surface area contributed by atoms with Crippen LogP contribution in [0.3, 0.4) is 0 Å². The maximum absolute atomic E-state index is 12.0. The molecular weight excluding hydrogens is 302 g/mol. The van der Waals surface area contributed by atoms with Crippen LogP contribution in [0.4, 0.5) is 0 Å². The van der Waals surface area contributed by atoms with Crippen molar-refractivity contribution in [2.75, 3.05) is 39.3 Å². The standard InChI is InChI=1S/C16H24ClN3O2/c1-13(21)11-19-6-8-20(9-7-19)12-16(22)18-10-14-4-2-3-5-15(14)17/h2-5,13,21H,6-12H2,1H3,(H,18,22). The van der Waals surface area contributed by atoms with Gasteiger partial charge in [0.15, 0.2) is 0 Å². The molecule has 1 saturated heterocycles. The first-order valence-electron chi connectivity index (χ1n) is 7.67. The summed E-state index contributed by atoms with van der Waals surface area (Å²) in [7, 11) is 0. The zero-order chi connectivity index (χ0) is 15.9. The third-order valence-corrected chi connectivity index (χ3v) is 4.16. The van der Waals surface area contributed by atoms with Gasteiger partial charge in [-0.1, -0.05) is 29.8 Å². The largest absolute Gasteiger partial charge is 0.392 e. The quantitative estimate of drug-likeness (QED) is 0.818. The van der Waals surface area contributed by atoms with Crippen LogP contribution < -0.4 is 5.32 Å². The Morgan fingerprint density at radius 2 is 1.91 bits per heavy atom. The van der Waals surface area contributed by atoms with E-state index in [0.717, 1.165) is 31.7 Å². The summed E-state index contributed by atoms with van der Waals surface area (Å²) >= 11 is 6.07. The Morgan fingerprint density at radius 3 is 2.55 bits per heavy atom. The van der Waals surface area contributed by atoms with Crippen LogP contribution in [0.25, 0.3) is 0 Å². The van der Waals surface area contributed by atoms with Crippen molar-refractivity contribution in [3.63, 3.8) is 0 Å². The molecular formula is C16H24ClN3O2. The van der Waals surface area contributed by atoms with Crippen molar-refractivity contribution in [2.24, 2.45) is 0 Å². The van der Waals surface area contributed by atoms with Crippen molar-refractivity contribution in [1.29, 1.82) is 0 Å². The number of aliphatic hydroxyl groups is 1. The lowest BCUT2D eigenvalue weighted by Gasteiger charge is -2.34. The molecule has 2 rings (SSSR count). The summed E-state index contributed by atoms with van der Waals surface area (Å²) in [5, 5.41) is 13.0. The van der Waals surface area contributed by atoms with Crippen molar-refractivity contribution in [3.8, 4) is 0 Å². The van der Waals surface area contributed by atoms with Gasteiger partial charge in [0.05, 0.1) is 12.6 Å². The van der Waals surface area contributed by atoms with Crippen LogP contribution in [0.1, 0.15) is 12.5 Å². The molecule has 0 spiro atoms. The molecule has 1 fully saturated rings. The van der Waals surface area contributed by atoms with Crippen LogP contribution in [0.15, 0.2) is 24.3 Å². The number of aliphatic hydroxyl groups excluding tert-OH is 1. The van der Waals surface area contributed by atoms with Crippen molar-refractivity contribution < 1.29 is 9.90 Å². The maximum Gasteiger partial charge on any atom is 0.234 e. The van der Waals surface area contributed by atoms with E-state index in [1.165, 1.54) is 0 Å². The molecule has 1 atom stereocenters. The molecule has 1 aromatic rings. The number of β-amino-alcohol motifs (C(OH)–C–C–N with tert-alkyl or cyclic N) is 1. The van der Waals surface area contributed by atoms with Gasteiger partial charge < -0.3 is 10.4 Å². The summed E-state index contributed by atoms with van der Waals surface area (Å²) < 4.78 is 0. The number of nitrogens with one attached hydrogen (secondary N) is 1. The highest BCUT2D eigenvalue weighted by Crippen LogP contribution is 2.14. The number of amides is 1. The van der Waals surface area contributed by atoms with E-state index < -0.39 is 0 Å². The van der Waals surface area contributed by atoms with Crippen LogP contribution >= 0.6 is 11.6 Å². The van der Waals surface area contributed by atoms with E-state index in [4.69, 9.17) is 11.6 Å². The van der Waals surface area contributed by atoms with Gasteiger partial charge in [-0.2, -0.15) is 0 Å². The normalized spacial score (nSPS) is 18.1.